The first-order chi connectivity index (χ1) is 15.7. The normalized spacial score (nSPS) is 17.4. The molecule has 1 aromatic rings. The number of anilines is 2. The van der Waals surface area contributed by atoms with Crippen LogP contribution >= 0.6 is 0 Å². The molecule has 2 aliphatic rings. The Morgan fingerprint density at radius 2 is 1.70 bits per heavy atom. The molecule has 1 N–H and O–H groups in total. The molecule has 2 aliphatic heterocycles. The zero-order valence-electron chi connectivity index (χ0n) is 21.2. The van der Waals surface area contributed by atoms with Gasteiger partial charge in [0.2, 0.25) is 0 Å². The molecule has 0 saturated carbocycles. The van der Waals surface area contributed by atoms with E-state index in [2.05, 4.69) is 22.0 Å². The number of benzene rings is 1. The van der Waals surface area contributed by atoms with Crippen molar-refractivity contribution in [3.05, 3.63) is 23.3 Å². The second-order valence-electron chi connectivity index (χ2n) is 10.3. The van der Waals surface area contributed by atoms with Gasteiger partial charge in [-0.15, -0.1) is 0 Å². The van der Waals surface area contributed by atoms with Crippen molar-refractivity contribution in [3.63, 3.8) is 0 Å². The molecule has 2 saturated heterocycles. The lowest BCUT2D eigenvalue weighted by atomic mass is 10.0. The number of piperazine rings is 1. The lowest BCUT2D eigenvalue weighted by Gasteiger charge is -2.37. The predicted molar refractivity (Wildman–Crippen MR) is 135 cm³/mol. The lowest BCUT2D eigenvalue weighted by molar-refractivity contribution is 0.0240. The van der Waals surface area contributed by atoms with Crippen LogP contribution in [-0.4, -0.2) is 79.6 Å². The van der Waals surface area contributed by atoms with E-state index in [1.54, 1.807) is 4.90 Å². The standard InChI is InChI=1S/C26H42N4O3/c1-6-9-24(31)21-18-22(27-10-13-28-11-7-8-12-28)20(2)23(19-21)29-14-16-30(17-15-29)25(32)33-26(3,4)5/h18-19,27H,6-17H2,1-5H3. The molecular formula is C26H42N4O3. The van der Waals surface area contributed by atoms with Crippen LogP contribution in [0.25, 0.3) is 0 Å². The minimum atomic E-state index is -0.492. The van der Waals surface area contributed by atoms with E-state index >= 15 is 0 Å². The molecule has 0 aromatic heterocycles. The average Bonchev–Trinajstić information content (AvgIpc) is 3.27. The van der Waals surface area contributed by atoms with Crippen LogP contribution in [0.5, 0.6) is 0 Å². The van der Waals surface area contributed by atoms with Gasteiger partial charge in [0.05, 0.1) is 0 Å². The van der Waals surface area contributed by atoms with Gasteiger partial charge in [0.1, 0.15) is 5.60 Å². The van der Waals surface area contributed by atoms with E-state index in [9.17, 15) is 9.59 Å². The van der Waals surface area contributed by atoms with Gasteiger partial charge < -0.3 is 24.8 Å². The van der Waals surface area contributed by atoms with Gasteiger partial charge in [-0.25, -0.2) is 4.79 Å². The van der Waals surface area contributed by atoms with Gasteiger partial charge in [-0.2, -0.15) is 0 Å². The summed E-state index contributed by atoms with van der Waals surface area (Å²) in [5.74, 6) is 0.189. The quantitative estimate of drug-likeness (QED) is 0.577. The molecule has 0 bridgehead atoms. The summed E-state index contributed by atoms with van der Waals surface area (Å²) in [5, 5.41) is 3.60. The molecule has 0 unspecified atom stereocenters. The summed E-state index contributed by atoms with van der Waals surface area (Å²) in [4.78, 5) is 31.8. The van der Waals surface area contributed by atoms with E-state index in [1.807, 2.05) is 39.8 Å². The first-order valence-corrected chi connectivity index (χ1v) is 12.5. The Hall–Kier alpha value is -2.28. The van der Waals surface area contributed by atoms with E-state index in [0.29, 0.717) is 19.5 Å². The minimum absolute atomic E-state index is 0.189. The summed E-state index contributed by atoms with van der Waals surface area (Å²) in [7, 11) is 0. The van der Waals surface area contributed by atoms with E-state index in [0.717, 1.165) is 55.1 Å². The number of likely N-dealkylation sites (tertiary alicyclic amines) is 1. The van der Waals surface area contributed by atoms with Crippen LogP contribution in [-0.2, 0) is 4.74 Å². The molecule has 33 heavy (non-hydrogen) atoms. The summed E-state index contributed by atoms with van der Waals surface area (Å²) in [6, 6.07) is 4.07. The molecule has 7 nitrogen and oxygen atoms in total. The Morgan fingerprint density at radius 1 is 1.03 bits per heavy atom. The molecule has 0 spiro atoms. The SMILES string of the molecule is CCCC(=O)c1cc(NCCN2CCCC2)c(C)c(N2CCN(C(=O)OC(C)(C)C)CC2)c1. The highest BCUT2D eigenvalue weighted by Gasteiger charge is 2.27. The summed E-state index contributed by atoms with van der Waals surface area (Å²) < 4.78 is 5.53. The molecule has 1 amide bonds. The Labute approximate surface area is 199 Å². The Kier molecular flexibility index (Phi) is 8.63. The Balaban J connectivity index is 1.72. The van der Waals surface area contributed by atoms with Crippen molar-refractivity contribution in [2.24, 2.45) is 0 Å². The van der Waals surface area contributed by atoms with Crippen LogP contribution in [0.4, 0.5) is 16.2 Å². The van der Waals surface area contributed by atoms with Gasteiger partial charge in [0.15, 0.2) is 5.78 Å². The smallest absolute Gasteiger partial charge is 0.410 e. The van der Waals surface area contributed by atoms with Crippen molar-refractivity contribution >= 4 is 23.3 Å². The topological polar surface area (TPSA) is 65.1 Å². The van der Waals surface area contributed by atoms with Gasteiger partial charge in [-0.1, -0.05) is 6.92 Å². The Morgan fingerprint density at radius 3 is 2.30 bits per heavy atom. The number of nitrogens with zero attached hydrogens (tertiary/aromatic N) is 3. The maximum absolute atomic E-state index is 12.8. The number of hydrogen-bond donors (Lipinski definition) is 1. The van der Waals surface area contributed by atoms with E-state index < -0.39 is 5.60 Å². The van der Waals surface area contributed by atoms with Crippen LogP contribution < -0.4 is 10.2 Å². The highest BCUT2D eigenvalue weighted by molar-refractivity contribution is 5.98. The fourth-order valence-electron chi connectivity index (χ4n) is 4.55. The van der Waals surface area contributed by atoms with Crippen LogP contribution in [0.3, 0.4) is 0 Å². The molecule has 0 radical (unpaired) electrons. The fourth-order valence-corrected chi connectivity index (χ4v) is 4.55. The number of hydrogen-bond acceptors (Lipinski definition) is 6. The van der Waals surface area contributed by atoms with Crippen LogP contribution in [0.2, 0.25) is 0 Å². The number of Topliss-reactive ketones (excluding diaryl/α,β-unsaturated/α-hetero) is 1. The van der Waals surface area contributed by atoms with Crippen molar-refractivity contribution in [3.8, 4) is 0 Å². The first-order valence-electron chi connectivity index (χ1n) is 12.5. The third kappa shape index (κ3) is 7.10. The van der Waals surface area contributed by atoms with E-state index in [-0.39, 0.29) is 11.9 Å². The number of ether oxygens (including phenoxy) is 1. The monoisotopic (exact) mass is 458 g/mol. The van der Waals surface area contributed by atoms with Gasteiger partial charge in [-0.05, 0) is 77.7 Å². The molecule has 184 valence electrons. The van der Waals surface area contributed by atoms with Gasteiger partial charge >= 0.3 is 6.09 Å². The van der Waals surface area contributed by atoms with Crippen molar-refractivity contribution in [1.82, 2.24) is 9.80 Å². The van der Waals surface area contributed by atoms with Gasteiger partial charge in [0.25, 0.3) is 0 Å². The van der Waals surface area contributed by atoms with Crippen molar-refractivity contribution in [2.75, 3.05) is 62.6 Å². The zero-order chi connectivity index (χ0) is 24.0. The number of nitrogens with one attached hydrogen (secondary N) is 1. The molecule has 2 heterocycles. The molecule has 7 heteroatoms. The first kappa shape index (κ1) is 25.3. The zero-order valence-corrected chi connectivity index (χ0v) is 21.2. The largest absolute Gasteiger partial charge is 0.444 e. The van der Waals surface area contributed by atoms with Crippen molar-refractivity contribution in [2.45, 2.75) is 65.9 Å². The Bertz CT molecular complexity index is 820. The van der Waals surface area contributed by atoms with Gasteiger partial charge in [-0.3, -0.25) is 4.79 Å². The third-order valence-electron chi connectivity index (χ3n) is 6.39. The minimum Gasteiger partial charge on any atom is -0.444 e. The second-order valence-corrected chi connectivity index (χ2v) is 10.3. The fraction of sp³-hybridized carbons (Fsp3) is 0.692. The number of rotatable bonds is 8. The lowest BCUT2D eigenvalue weighted by Crippen LogP contribution is -2.50. The number of carbonyl (C=O) groups is 2. The summed E-state index contributed by atoms with van der Waals surface area (Å²) in [6.45, 7) is 16.8. The van der Waals surface area contributed by atoms with Crippen LogP contribution in [0.1, 0.15) is 69.3 Å². The third-order valence-corrected chi connectivity index (χ3v) is 6.39. The number of carbonyl (C=O) groups excluding carboxylic acids is 2. The average molecular weight is 459 g/mol. The molecular weight excluding hydrogens is 416 g/mol. The van der Waals surface area contributed by atoms with Crippen LogP contribution in [0, 0.1) is 6.92 Å². The number of ketones is 1. The summed E-state index contributed by atoms with van der Waals surface area (Å²) >= 11 is 0. The maximum atomic E-state index is 12.8. The van der Waals surface area contributed by atoms with Crippen molar-refractivity contribution in [1.29, 1.82) is 0 Å². The number of amides is 1. The highest BCUT2D eigenvalue weighted by Crippen LogP contribution is 2.31. The summed E-state index contributed by atoms with van der Waals surface area (Å²) in [5.41, 5.74) is 3.57. The van der Waals surface area contributed by atoms with Crippen LogP contribution in [0.15, 0.2) is 12.1 Å². The van der Waals surface area contributed by atoms with E-state index in [1.165, 1.54) is 25.9 Å². The molecule has 3 rings (SSSR count). The molecule has 0 atom stereocenters. The van der Waals surface area contributed by atoms with E-state index in [4.69, 9.17) is 4.74 Å². The second kappa shape index (κ2) is 11.2. The predicted octanol–water partition coefficient (Wildman–Crippen LogP) is 4.54. The van der Waals surface area contributed by atoms with Gasteiger partial charge in [0, 0.05) is 62.6 Å². The maximum Gasteiger partial charge on any atom is 0.410 e. The molecule has 1 aromatic carbocycles. The van der Waals surface area contributed by atoms with Crippen molar-refractivity contribution < 1.29 is 14.3 Å². The summed E-state index contributed by atoms with van der Waals surface area (Å²) in [6.07, 6.45) is 3.73. The molecule has 2 fully saturated rings. The molecule has 0 aliphatic carbocycles. The highest BCUT2D eigenvalue weighted by atomic mass is 16.6.